The van der Waals surface area contributed by atoms with Gasteiger partial charge in [-0.05, 0) is 17.5 Å². The molecule has 2 aromatic rings. The fourth-order valence-electron chi connectivity index (χ4n) is 1.70. The maximum absolute atomic E-state index is 11.6. The second kappa shape index (κ2) is 6.85. The molecule has 0 aliphatic carbocycles. The van der Waals surface area contributed by atoms with Gasteiger partial charge in [0, 0.05) is 30.7 Å². The number of amides is 1. The molecule has 0 bridgehead atoms. The number of rotatable bonds is 6. The van der Waals surface area contributed by atoms with Crippen LogP contribution in [-0.2, 0) is 14.3 Å². The standard InChI is InChI=1S/C13H15N3O3S/c1-10(17)19-9-13(18)14-8-11(12-4-2-7-20-12)16-6-3-5-15-16/h2-7,11H,8-9H2,1H3,(H,14,18). The minimum atomic E-state index is -0.470. The predicted octanol–water partition coefficient (Wildman–Crippen LogP) is 1.21. The van der Waals surface area contributed by atoms with E-state index < -0.39 is 5.97 Å². The highest BCUT2D eigenvalue weighted by molar-refractivity contribution is 7.10. The van der Waals surface area contributed by atoms with E-state index in [-0.39, 0.29) is 18.6 Å². The van der Waals surface area contributed by atoms with Crippen LogP contribution in [0.25, 0.3) is 0 Å². The van der Waals surface area contributed by atoms with Crippen LogP contribution in [-0.4, -0.2) is 34.8 Å². The zero-order valence-electron chi connectivity index (χ0n) is 11.0. The monoisotopic (exact) mass is 293 g/mol. The Morgan fingerprint density at radius 1 is 1.50 bits per heavy atom. The largest absolute Gasteiger partial charge is 0.456 e. The smallest absolute Gasteiger partial charge is 0.303 e. The topological polar surface area (TPSA) is 73.2 Å². The first-order chi connectivity index (χ1) is 9.66. The molecular formula is C13H15N3O3S. The molecular weight excluding hydrogens is 278 g/mol. The first kappa shape index (κ1) is 14.3. The summed E-state index contributed by atoms with van der Waals surface area (Å²) >= 11 is 1.60. The highest BCUT2D eigenvalue weighted by atomic mass is 32.1. The zero-order valence-corrected chi connectivity index (χ0v) is 11.8. The van der Waals surface area contributed by atoms with Gasteiger partial charge >= 0.3 is 5.97 Å². The fourth-order valence-corrected chi connectivity index (χ4v) is 2.52. The number of carbonyl (C=O) groups is 2. The summed E-state index contributed by atoms with van der Waals surface area (Å²) in [7, 11) is 0. The Balaban J connectivity index is 1.96. The van der Waals surface area contributed by atoms with Gasteiger partial charge in [0.05, 0.1) is 0 Å². The Bertz CT molecular complexity index is 517. The summed E-state index contributed by atoms with van der Waals surface area (Å²) in [4.78, 5) is 23.3. The van der Waals surface area contributed by atoms with Gasteiger partial charge < -0.3 is 10.1 Å². The van der Waals surface area contributed by atoms with Crippen LogP contribution < -0.4 is 5.32 Å². The van der Waals surface area contributed by atoms with Crippen molar-refractivity contribution in [2.45, 2.75) is 13.0 Å². The third-order valence-electron chi connectivity index (χ3n) is 2.61. The molecule has 0 spiro atoms. The second-order valence-electron chi connectivity index (χ2n) is 4.10. The SMILES string of the molecule is CC(=O)OCC(=O)NCC(c1cccs1)n1cccn1. The van der Waals surface area contributed by atoms with E-state index in [1.54, 1.807) is 22.2 Å². The van der Waals surface area contributed by atoms with E-state index >= 15 is 0 Å². The summed E-state index contributed by atoms with van der Waals surface area (Å²) in [6, 6.07) is 5.72. The predicted molar refractivity (Wildman–Crippen MR) is 74.3 cm³/mol. The second-order valence-corrected chi connectivity index (χ2v) is 5.08. The van der Waals surface area contributed by atoms with Crippen molar-refractivity contribution in [1.82, 2.24) is 15.1 Å². The fraction of sp³-hybridized carbons (Fsp3) is 0.308. The van der Waals surface area contributed by atoms with Crippen LogP contribution in [0.4, 0.5) is 0 Å². The summed E-state index contributed by atoms with van der Waals surface area (Å²) in [5, 5.41) is 8.93. The Labute approximate surface area is 120 Å². The van der Waals surface area contributed by atoms with Crippen molar-refractivity contribution in [1.29, 1.82) is 0 Å². The zero-order chi connectivity index (χ0) is 14.4. The van der Waals surface area contributed by atoms with Crippen LogP contribution in [0.2, 0.25) is 0 Å². The lowest BCUT2D eigenvalue weighted by Crippen LogP contribution is -2.34. The van der Waals surface area contributed by atoms with Gasteiger partial charge in [0.15, 0.2) is 6.61 Å². The average Bonchev–Trinajstić information content (AvgIpc) is 3.09. The molecule has 7 heteroatoms. The molecule has 1 atom stereocenters. The van der Waals surface area contributed by atoms with Crippen LogP contribution in [0.15, 0.2) is 36.0 Å². The number of hydrogen-bond acceptors (Lipinski definition) is 5. The van der Waals surface area contributed by atoms with Gasteiger partial charge in [-0.25, -0.2) is 0 Å². The van der Waals surface area contributed by atoms with Crippen LogP contribution >= 0.6 is 11.3 Å². The normalized spacial score (nSPS) is 11.8. The van der Waals surface area contributed by atoms with Gasteiger partial charge in [-0.15, -0.1) is 11.3 Å². The Morgan fingerprint density at radius 2 is 2.35 bits per heavy atom. The third-order valence-corrected chi connectivity index (χ3v) is 3.59. The molecule has 106 valence electrons. The minimum Gasteiger partial charge on any atom is -0.456 e. The van der Waals surface area contributed by atoms with Gasteiger partial charge in [-0.2, -0.15) is 5.10 Å². The van der Waals surface area contributed by atoms with E-state index in [1.807, 2.05) is 29.8 Å². The quantitative estimate of drug-likeness (QED) is 0.813. The Kier molecular flexibility index (Phi) is 4.89. The van der Waals surface area contributed by atoms with Gasteiger partial charge in [0.1, 0.15) is 6.04 Å². The van der Waals surface area contributed by atoms with Crippen molar-refractivity contribution >= 4 is 23.2 Å². The number of ether oxygens (including phenoxy) is 1. The maximum Gasteiger partial charge on any atom is 0.303 e. The van der Waals surface area contributed by atoms with Crippen LogP contribution in [0.5, 0.6) is 0 Å². The molecule has 0 aliphatic rings. The summed E-state index contributed by atoms with van der Waals surface area (Å²) in [5.41, 5.74) is 0. The molecule has 2 aromatic heterocycles. The van der Waals surface area contributed by atoms with E-state index in [1.165, 1.54) is 6.92 Å². The number of aromatic nitrogens is 2. The first-order valence-corrected chi connectivity index (χ1v) is 6.97. The summed E-state index contributed by atoms with van der Waals surface area (Å²) in [5.74, 6) is -0.795. The van der Waals surface area contributed by atoms with Crippen molar-refractivity contribution in [3.8, 4) is 0 Å². The van der Waals surface area contributed by atoms with E-state index in [0.717, 1.165) is 4.88 Å². The highest BCUT2D eigenvalue weighted by Crippen LogP contribution is 2.21. The Morgan fingerprint density at radius 3 is 2.95 bits per heavy atom. The number of thiophene rings is 1. The number of nitrogens with zero attached hydrogens (tertiary/aromatic N) is 2. The molecule has 0 fully saturated rings. The molecule has 1 unspecified atom stereocenters. The molecule has 0 saturated heterocycles. The van der Waals surface area contributed by atoms with Gasteiger partial charge in [0.2, 0.25) is 0 Å². The van der Waals surface area contributed by atoms with Gasteiger partial charge in [-0.3, -0.25) is 14.3 Å². The molecule has 6 nitrogen and oxygen atoms in total. The van der Waals surface area contributed by atoms with Crippen LogP contribution in [0.3, 0.4) is 0 Å². The minimum absolute atomic E-state index is 0.0636. The van der Waals surface area contributed by atoms with Crippen molar-refractivity contribution in [2.75, 3.05) is 13.2 Å². The molecule has 0 aliphatic heterocycles. The highest BCUT2D eigenvalue weighted by Gasteiger charge is 2.16. The summed E-state index contributed by atoms with van der Waals surface area (Å²) in [6.45, 7) is 1.40. The van der Waals surface area contributed by atoms with Gasteiger partial charge in [-0.1, -0.05) is 6.07 Å². The van der Waals surface area contributed by atoms with Crippen molar-refractivity contribution < 1.29 is 14.3 Å². The number of hydrogen-bond donors (Lipinski definition) is 1. The van der Waals surface area contributed by atoms with E-state index in [9.17, 15) is 9.59 Å². The number of esters is 1. The van der Waals surface area contributed by atoms with Crippen molar-refractivity contribution in [3.05, 3.63) is 40.8 Å². The number of carbonyl (C=O) groups excluding carboxylic acids is 2. The van der Waals surface area contributed by atoms with E-state index in [4.69, 9.17) is 0 Å². The molecule has 2 heterocycles. The molecule has 20 heavy (non-hydrogen) atoms. The lowest BCUT2D eigenvalue weighted by Gasteiger charge is -2.17. The van der Waals surface area contributed by atoms with E-state index in [0.29, 0.717) is 6.54 Å². The maximum atomic E-state index is 11.6. The summed E-state index contributed by atoms with van der Waals surface area (Å²) in [6.07, 6.45) is 3.55. The van der Waals surface area contributed by atoms with Crippen LogP contribution in [0, 0.1) is 0 Å². The first-order valence-electron chi connectivity index (χ1n) is 6.09. The molecule has 0 saturated carbocycles. The van der Waals surface area contributed by atoms with Crippen LogP contribution in [0.1, 0.15) is 17.8 Å². The molecule has 0 aromatic carbocycles. The van der Waals surface area contributed by atoms with Crippen molar-refractivity contribution in [3.63, 3.8) is 0 Å². The molecule has 1 N–H and O–H groups in total. The molecule has 1 amide bonds. The Hall–Kier alpha value is -2.15. The molecule has 0 radical (unpaired) electrons. The van der Waals surface area contributed by atoms with Gasteiger partial charge in [0.25, 0.3) is 5.91 Å². The summed E-state index contributed by atoms with van der Waals surface area (Å²) < 4.78 is 6.44. The average molecular weight is 293 g/mol. The lowest BCUT2D eigenvalue weighted by atomic mass is 10.2. The van der Waals surface area contributed by atoms with E-state index in [2.05, 4.69) is 15.2 Å². The molecule has 2 rings (SSSR count). The number of nitrogens with one attached hydrogen (secondary N) is 1. The van der Waals surface area contributed by atoms with Crippen molar-refractivity contribution in [2.24, 2.45) is 0 Å². The lowest BCUT2D eigenvalue weighted by molar-refractivity contribution is -0.146. The third kappa shape index (κ3) is 3.92.